The Morgan fingerprint density at radius 1 is 1.50 bits per heavy atom. The van der Waals surface area contributed by atoms with Crippen molar-refractivity contribution >= 4 is 11.7 Å². The molecular weight excluding hydrogens is 312 g/mol. The number of nitriles is 1. The van der Waals surface area contributed by atoms with Gasteiger partial charge in [-0.25, -0.2) is 0 Å². The highest BCUT2D eigenvalue weighted by Gasteiger charge is 2.65. The van der Waals surface area contributed by atoms with E-state index in [9.17, 15) is 20.0 Å². The van der Waals surface area contributed by atoms with Crippen LogP contribution in [0.15, 0.2) is 36.4 Å². The Morgan fingerprint density at radius 3 is 2.58 bits per heavy atom. The van der Waals surface area contributed by atoms with Crippen molar-refractivity contribution in [1.82, 2.24) is 0 Å². The van der Waals surface area contributed by atoms with Gasteiger partial charge in [-0.05, 0) is 23.1 Å². The van der Waals surface area contributed by atoms with Gasteiger partial charge in [-0.15, -0.1) is 0 Å². The predicted molar refractivity (Wildman–Crippen MR) is 84.4 cm³/mol. The molecule has 1 aromatic carbocycles. The maximum atomic E-state index is 12.2. The molecule has 0 spiro atoms. The van der Waals surface area contributed by atoms with Crippen molar-refractivity contribution < 1.29 is 19.6 Å². The van der Waals surface area contributed by atoms with E-state index >= 15 is 0 Å². The summed E-state index contributed by atoms with van der Waals surface area (Å²) in [5.41, 5.74) is 0.141. The van der Waals surface area contributed by atoms with Gasteiger partial charge in [0.15, 0.2) is 0 Å². The number of nitro benzene ring substituents is 1. The van der Waals surface area contributed by atoms with Crippen LogP contribution < -0.4 is 0 Å². The Bertz CT molecular complexity index is 717. The van der Waals surface area contributed by atoms with E-state index in [1.165, 1.54) is 24.3 Å². The monoisotopic (exact) mass is 330 g/mol. The lowest BCUT2D eigenvalue weighted by Gasteiger charge is -2.09. The van der Waals surface area contributed by atoms with Crippen LogP contribution in [0.2, 0.25) is 0 Å². The van der Waals surface area contributed by atoms with Crippen molar-refractivity contribution in [3.8, 4) is 6.07 Å². The molecule has 0 heterocycles. The minimum absolute atomic E-state index is 0.00851. The molecule has 0 amide bonds. The van der Waals surface area contributed by atoms with Crippen LogP contribution in [0, 0.1) is 38.7 Å². The second kappa shape index (κ2) is 6.42. The fraction of sp³-hybridized carbons (Fsp3) is 0.412. The number of rotatable bonds is 6. The van der Waals surface area contributed by atoms with Gasteiger partial charge in [0.1, 0.15) is 6.61 Å². The van der Waals surface area contributed by atoms with Gasteiger partial charge in [0.2, 0.25) is 0 Å². The molecule has 1 N–H and O–H groups in total. The summed E-state index contributed by atoms with van der Waals surface area (Å²) in [5.74, 6) is -1.39. The second-order valence-corrected chi connectivity index (χ2v) is 6.44. The van der Waals surface area contributed by atoms with E-state index in [-0.39, 0.29) is 17.9 Å². The van der Waals surface area contributed by atoms with Gasteiger partial charge < -0.3 is 9.84 Å². The SMILES string of the molecule is C=C(C#N)C(O)C1C(C(=O)OCc2ccc([N+](=O)[O-])cc2)C1(C)C. The molecule has 3 unspecified atom stereocenters. The van der Waals surface area contributed by atoms with Crippen LogP contribution in [-0.2, 0) is 16.1 Å². The third-order valence-electron chi connectivity index (χ3n) is 4.53. The molecular formula is C17H18N2O5. The zero-order chi connectivity index (χ0) is 18.1. The average molecular weight is 330 g/mol. The number of aliphatic hydroxyl groups is 1. The number of non-ortho nitro benzene ring substituents is 1. The van der Waals surface area contributed by atoms with Crippen LogP contribution in [0.3, 0.4) is 0 Å². The lowest BCUT2D eigenvalue weighted by Crippen LogP contribution is -2.17. The van der Waals surface area contributed by atoms with Gasteiger partial charge in [-0.2, -0.15) is 5.26 Å². The summed E-state index contributed by atoms with van der Waals surface area (Å²) >= 11 is 0. The van der Waals surface area contributed by atoms with Gasteiger partial charge in [0, 0.05) is 18.1 Å². The highest BCUT2D eigenvalue weighted by Crippen LogP contribution is 2.61. The van der Waals surface area contributed by atoms with Crippen LogP contribution in [0.5, 0.6) is 0 Å². The first-order chi connectivity index (χ1) is 11.2. The lowest BCUT2D eigenvalue weighted by molar-refractivity contribution is -0.384. The first kappa shape index (κ1) is 17.6. The van der Waals surface area contributed by atoms with E-state index in [1.807, 2.05) is 13.8 Å². The second-order valence-electron chi connectivity index (χ2n) is 6.44. The van der Waals surface area contributed by atoms with E-state index in [1.54, 1.807) is 6.07 Å². The maximum Gasteiger partial charge on any atom is 0.310 e. The number of benzene rings is 1. The first-order valence-electron chi connectivity index (χ1n) is 7.37. The molecule has 7 nitrogen and oxygen atoms in total. The summed E-state index contributed by atoms with van der Waals surface area (Å²) in [4.78, 5) is 22.3. The molecule has 0 saturated heterocycles. The van der Waals surface area contributed by atoms with Crippen LogP contribution in [-0.4, -0.2) is 22.1 Å². The minimum atomic E-state index is -1.07. The Balaban J connectivity index is 1.97. The molecule has 3 atom stereocenters. The molecule has 1 aromatic rings. The number of hydrogen-bond donors (Lipinski definition) is 1. The predicted octanol–water partition coefficient (Wildman–Crippen LogP) is 2.35. The molecule has 24 heavy (non-hydrogen) atoms. The van der Waals surface area contributed by atoms with Crippen molar-refractivity contribution in [2.45, 2.75) is 26.6 Å². The molecule has 0 radical (unpaired) electrons. The van der Waals surface area contributed by atoms with E-state index in [4.69, 9.17) is 10.00 Å². The molecule has 0 bridgehead atoms. The molecule has 2 rings (SSSR count). The molecule has 1 aliphatic rings. The Morgan fingerprint density at radius 2 is 2.08 bits per heavy atom. The number of carbonyl (C=O) groups is 1. The molecule has 0 aromatic heterocycles. The van der Waals surface area contributed by atoms with E-state index in [2.05, 4.69) is 6.58 Å². The summed E-state index contributed by atoms with van der Waals surface area (Å²) in [6.07, 6.45) is -1.07. The number of hydrogen-bond acceptors (Lipinski definition) is 6. The van der Waals surface area contributed by atoms with Crippen molar-refractivity contribution in [2.75, 3.05) is 0 Å². The largest absolute Gasteiger partial charge is 0.461 e. The highest BCUT2D eigenvalue weighted by atomic mass is 16.6. The Labute approximate surface area is 139 Å². The van der Waals surface area contributed by atoms with E-state index in [0.29, 0.717) is 5.56 Å². The van der Waals surface area contributed by atoms with Gasteiger partial charge in [-0.3, -0.25) is 14.9 Å². The number of aliphatic hydroxyl groups excluding tert-OH is 1. The normalized spacial score (nSPS) is 22.1. The van der Waals surface area contributed by atoms with Gasteiger partial charge in [-0.1, -0.05) is 20.4 Å². The molecule has 1 fully saturated rings. The quantitative estimate of drug-likeness (QED) is 0.371. The zero-order valence-electron chi connectivity index (χ0n) is 13.4. The number of ether oxygens (including phenoxy) is 1. The van der Waals surface area contributed by atoms with Crippen LogP contribution in [0.1, 0.15) is 19.4 Å². The first-order valence-corrected chi connectivity index (χ1v) is 7.37. The van der Waals surface area contributed by atoms with Gasteiger partial charge in [0.25, 0.3) is 5.69 Å². The van der Waals surface area contributed by atoms with Gasteiger partial charge in [0.05, 0.1) is 28.6 Å². The number of carbonyl (C=O) groups excluding carboxylic acids is 1. The fourth-order valence-electron chi connectivity index (χ4n) is 2.96. The van der Waals surface area contributed by atoms with Crippen LogP contribution in [0.4, 0.5) is 5.69 Å². The molecule has 1 saturated carbocycles. The number of esters is 1. The standard InChI is InChI=1S/C17H18N2O5/c1-10(8-18)15(20)13-14(17(13,2)3)16(21)24-9-11-4-6-12(7-5-11)19(22)23/h4-7,13-15,20H,1,9H2,2-3H3. The highest BCUT2D eigenvalue weighted by molar-refractivity contribution is 5.78. The summed E-state index contributed by atoms with van der Waals surface area (Å²) in [6.45, 7) is 7.13. The third kappa shape index (κ3) is 3.29. The number of nitrogens with zero attached hydrogens (tertiary/aromatic N) is 2. The molecule has 126 valence electrons. The average Bonchev–Trinajstić information content (AvgIpc) is 3.13. The zero-order valence-corrected chi connectivity index (χ0v) is 13.4. The fourth-order valence-corrected chi connectivity index (χ4v) is 2.96. The third-order valence-corrected chi connectivity index (χ3v) is 4.53. The van der Waals surface area contributed by atoms with Crippen molar-refractivity contribution in [1.29, 1.82) is 5.26 Å². The number of nitro groups is 1. The summed E-state index contributed by atoms with van der Waals surface area (Å²) in [6, 6.07) is 7.53. The maximum absolute atomic E-state index is 12.2. The molecule has 1 aliphatic carbocycles. The van der Waals surface area contributed by atoms with E-state index < -0.39 is 34.2 Å². The minimum Gasteiger partial charge on any atom is -0.461 e. The topological polar surface area (TPSA) is 113 Å². The van der Waals surface area contributed by atoms with Crippen LogP contribution >= 0.6 is 0 Å². The summed E-state index contributed by atoms with van der Waals surface area (Å²) in [5, 5.41) is 29.5. The molecule has 7 heteroatoms. The van der Waals surface area contributed by atoms with E-state index in [0.717, 1.165) is 0 Å². The Hall–Kier alpha value is -2.72. The van der Waals surface area contributed by atoms with Crippen molar-refractivity contribution in [3.05, 3.63) is 52.1 Å². The van der Waals surface area contributed by atoms with Crippen molar-refractivity contribution in [3.63, 3.8) is 0 Å². The Kier molecular flexibility index (Phi) is 4.71. The lowest BCUT2D eigenvalue weighted by atomic mass is 10.0. The van der Waals surface area contributed by atoms with Crippen molar-refractivity contribution in [2.24, 2.45) is 17.3 Å². The smallest absolute Gasteiger partial charge is 0.310 e. The van der Waals surface area contributed by atoms with Crippen LogP contribution in [0.25, 0.3) is 0 Å². The molecule has 0 aliphatic heterocycles. The summed E-state index contributed by atoms with van der Waals surface area (Å²) in [7, 11) is 0. The van der Waals surface area contributed by atoms with Gasteiger partial charge >= 0.3 is 5.97 Å². The summed E-state index contributed by atoms with van der Waals surface area (Å²) < 4.78 is 5.25.